The largest absolute Gasteiger partial charge is 0.469 e. The van der Waals surface area contributed by atoms with Crippen molar-refractivity contribution in [3.05, 3.63) is 0 Å². The highest BCUT2D eigenvalue weighted by atomic mass is 35.5. The van der Waals surface area contributed by atoms with Gasteiger partial charge in [0.05, 0.1) is 0 Å². The molecule has 76 valence electrons. The van der Waals surface area contributed by atoms with Crippen molar-refractivity contribution >= 4 is 17.0 Å². The molecular weight excluding hydrogens is 192 g/mol. The summed E-state index contributed by atoms with van der Waals surface area (Å²) in [5.74, 6) is 5.98. The number of carbonyl (C=O) groups is 1. The number of hydrogen-bond donors (Lipinski definition) is 2. The van der Waals surface area contributed by atoms with Crippen LogP contribution in [0.1, 0.15) is 32.6 Å². The topological polar surface area (TPSA) is 57.5 Å². The second-order valence-electron chi connectivity index (χ2n) is 2.14. The molecule has 0 bridgehead atoms. The lowest BCUT2D eigenvalue weighted by Crippen LogP contribution is -1.80. The molecule has 4 heteroatoms. The van der Waals surface area contributed by atoms with E-state index < -0.39 is 5.43 Å². The first-order valence-electron chi connectivity index (χ1n) is 4.10. The molecule has 0 aromatic rings. The first-order chi connectivity index (χ1) is 6.15. The van der Waals surface area contributed by atoms with E-state index in [2.05, 4.69) is 23.4 Å². The van der Waals surface area contributed by atoms with E-state index in [1.54, 1.807) is 0 Å². The van der Waals surface area contributed by atoms with E-state index in [4.69, 9.17) is 15.0 Å². The van der Waals surface area contributed by atoms with Gasteiger partial charge in [0.25, 0.3) is 0 Å². The van der Waals surface area contributed by atoms with Gasteiger partial charge in [-0.2, -0.15) is 0 Å². The van der Waals surface area contributed by atoms with Crippen LogP contribution < -0.4 is 0 Å². The van der Waals surface area contributed by atoms with Crippen LogP contribution in [0.2, 0.25) is 0 Å². The fourth-order valence-electron chi connectivity index (χ4n) is 0.539. The van der Waals surface area contributed by atoms with Gasteiger partial charge in [0.2, 0.25) is 0 Å². The van der Waals surface area contributed by atoms with Gasteiger partial charge in [-0.3, -0.25) is 0 Å². The van der Waals surface area contributed by atoms with Crippen molar-refractivity contribution in [1.29, 1.82) is 0 Å². The maximum Gasteiger partial charge on any atom is 0.401 e. The predicted octanol–water partition coefficient (Wildman–Crippen LogP) is 2.47. The standard InChI is InChI=1S/C8H14O.CHClO2/c1-2-3-4-5-6-7-8-9;2-1(3)4/h9H,2,5-8H2,1H3;(H,3,4). The molecule has 0 aliphatic rings. The molecule has 0 rings (SSSR count). The van der Waals surface area contributed by atoms with Crippen molar-refractivity contribution < 1.29 is 15.0 Å². The minimum Gasteiger partial charge on any atom is -0.469 e. The number of aliphatic hydroxyl groups is 1. The van der Waals surface area contributed by atoms with Gasteiger partial charge < -0.3 is 10.2 Å². The van der Waals surface area contributed by atoms with E-state index in [9.17, 15) is 0 Å². The monoisotopic (exact) mass is 206 g/mol. The van der Waals surface area contributed by atoms with Crippen LogP contribution in [0.5, 0.6) is 0 Å². The molecule has 2 N–H and O–H groups in total. The summed E-state index contributed by atoms with van der Waals surface area (Å²) in [5, 5.41) is 15.6. The van der Waals surface area contributed by atoms with Crippen molar-refractivity contribution in [2.75, 3.05) is 6.61 Å². The van der Waals surface area contributed by atoms with Gasteiger partial charge in [0, 0.05) is 31.0 Å². The molecule has 0 aliphatic carbocycles. The van der Waals surface area contributed by atoms with Crippen LogP contribution in [-0.4, -0.2) is 22.2 Å². The summed E-state index contributed by atoms with van der Waals surface area (Å²) in [6.07, 6.45) is 3.80. The lowest BCUT2D eigenvalue weighted by Gasteiger charge is -1.87. The molecule has 3 nitrogen and oxygen atoms in total. The SMILES string of the molecule is CCC#CCCCCO.O=C(O)Cl. The lowest BCUT2D eigenvalue weighted by molar-refractivity contribution is 0.220. The molecule has 0 unspecified atom stereocenters. The van der Waals surface area contributed by atoms with Crippen LogP contribution in [0, 0.1) is 11.8 Å². The average molecular weight is 207 g/mol. The van der Waals surface area contributed by atoms with Gasteiger partial charge in [-0.25, -0.2) is 4.79 Å². The number of hydrogen-bond acceptors (Lipinski definition) is 2. The Morgan fingerprint density at radius 1 is 1.38 bits per heavy atom. The molecule has 0 amide bonds. The van der Waals surface area contributed by atoms with E-state index >= 15 is 0 Å². The third-order valence-corrected chi connectivity index (χ3v) is 1.01. The Balaban J connectivity index is 0. The summed E-state index contributed by atoms with van der Waals surface area (Å²) in [6, 6.07) is 0. The Kier molecular flexibility index (Phi) is 15.7. The molecule has 0 heterocycles. The average Bonchev–Trinajstić information content (AvgIpc) is 2.03. The van der Waals surface area contributed by atoms with Gasteiger partial charge >= 0.3 is 5.43 Å². The maximum atomic E-state index is 8.77. The van der Waals surface area contributed by atoms with E-state index in [-0.39, 0.29) is 0 Å². The molecule has 0 aliphatic heterocycles. The number of rotatable bonds is 3. The zero-order valence-electron chi connectivity index (χ0n) is 7.72. The summed E-state index contributed by atoms with van der Waals surface area (Å²) >= 11 is 4.19. The van der Waals surface area contributed by atoms with Crippen LogP contribution in [0.4, 0.5) is 4.79 Å². The first kappa shape index (κ1) is 14.8. The summed E-state index contributed by atoms with van der Waals surface area (Å²) in [4.78, 5) is 8.77. The molecule has 0 aromatic heterocycles. The molecule has 0 saturated heterocycles. The Hall–Kier alpha value is -0.720. The summed E-state index contributed by atoms with van der Waals surface area (Å²) in [5.41, 5.74) is -1.36. The van der Waals surface area contributed by atoms with Gasteiger partial charge in [-0.15, -0.1) is 11.8 Å². The molecule has 0 spiro atoms. The third kappa shape index (κ3) is 34.8. The number of carboxylic acid groups (broad SMARTS) is 1. The molecule has 0 fully saturated rings. The van der Waals surface area contributed by atoms with Crippen LogP contribution in [-0.2, 0) is 0 Å². The highest BCUT2D eigenvalue weighted by Crippen LogP contribution is 1.91. The predicted molar refractivity (Wildman–Crippen MR) is 52.9 cm³/mol. The Morgan fingerprint density at radius 2 is 1.92 bits per heavy atom. The van der Waals surface area contributed by atoms with E-state index in [1.807, 2.05) is 6.92 Å². The molecular formula is C9H15ClO3. The molecule has 0 aromatic carbocycles. The smallest absolute Gasteiger partial charge is 0.401 e. The van der Waals surface area contributed by atoms with Gasteiger partial charge in [-0.1, -0.05) is 6.92 Å². The fourth-order valence-corrected chi connectivity index (χ4v) is 0.539. The van der Waals surface area contributed by atoms with Crippen molar-refractivity contribution in [3.63, 3.8) is 0 Å². The summed E-state index contributed by atoms with van der Waals surface area (Å²) in [7, 11) is 0. The van der Waals surface area contributed by atoms with Crippen molar-refractivity contribution in [2.45, 2.75) is 32.6 Å². The zero-order chi connectivity index (χ0) is 10.5. The Labute approximate surface area is 83.7 Å². The first-order valence-corrected chi connectivity index (χ1v) is 4.48. The Bertz CT molecular complexity index is 165. The van der Waals surface area contributed by atoms with Crippen molar-refractivity contribution in [2.24, 2.45) is 0 Å². The summed E-state index contributed by atoms with van der Waals surface area (Å²) in [6.45, 7) is 2.34. The minimum atomic E-state index is -1.36. The van der Waals surface area contributed by atoms with Crippen LogP contribution in [0.3, 0.4) is 0 Å². The van der Waals surface area contributed by atoms with Crippen molar-refractivity contribution in [3.8, 4) is 11.8 Å². The second-order valence-corrected chi connectivity index (χ2v) is 2.46. The Morgan fingerprint density at radius 3 is 2.31 bits per heavy atom. The fraction of sp³-hybridized carbons (Fsp3) is 0.667. The van der Waals surface area contributed by atoms with Gasteiger partial charge in [0.15, 0.2) is 0 Å². The summed E-state index contributed by atoms with van der Waals surface area (Å²) < 4.78 is 0. The van der Waals surface area contributed by atoms with Crippen LogP contribution >= 0.6 is 11.6 Å². The van der Waals surface area contributed by atoms with Gasteiger partial charge in [0.1, 0.15) is 0 Å². The lowest BCUT2D eigenvalue weighted by atomic mass is 10.2. The molecule has 13 heavy (non-hydrogen) atoms. The minimum absolute atomic E-state index is 0.299. The number of unbranched alkanes of at least 4 members (excludes halogenated alkanes) is 2. The van der Waals surface area contributed by atoms with Crippen molar-refractivity contribution in [1.82, 2.24) is 0 Å². The van der Waals surface area contributed by atoms with E-state index in [0.717, 1.165) is 25.7 Å². The maximum absolute atomic E-state index is 8.77. The highest BCUT2D eigenvalue weighted by molar-refractivity contribution is 6.60. The van der Waals surface area contributed by atoms with Crippen LogP contribution in [0.25, 0.3) is 0 Å². The molecule has 0 saturated carbocycles. The quantitative estimate of drug-likeness (QED) is 0.424. The van der Waals surface area contributed by atoms with E-state index in [0.29, 0.717) is 6.61 Å². The molecule has 0 atom stereocenters. The normalized spacial score (nSPS) is 7.62. The highest BCUT2D eigenvalue weighted by Gasteiger charge is 1.79. The zero-order valence-corrected chi connectivity index (χ0v) is 8.47. The van der Waals surface area contributed by atoms with Gasteiger partial charge in [-0.05, 0) is 12.8 Å². The van der Waals surface area contributed by atoms with E-state index in [1.165, 1.54) is 0 Å². The number of halogens is 1. The third-order valence-electron chi connectivity index (χ3n) is 1.01. The van der Waals surface area contributed by atoms with Crippen LogP contribution in [0.15, 0.2) is 0 Å². The number of aliphatic hydroxyl groups excluding tert-OH is 1. The molecule has 0 radical (unpaired) electrons. The second kappa shape index (κ2) is 13.8.